The molecule has 136 valence electrons. The Morgan fingerprint density at radius 3 is 2.93 bits per heavy atom. The summed E-state index contributed by atoms with van der Waals surface area (Å²) in [5, 5.41) is 11.8. The SMILES string of the molecule is O=C(/C=C/c1cccc([N+](=O)[O-])c1)N1CCC[C@@H]1c1nc2ccccc2s1. The number of carbonyl (C=O) groups is 1. The molecule has 0 radical (unpaired) electrons. The number of nitrogens with zero attached hydrogens (tertiary/aromatic N) is 3. The van der Waals surface area contributed by atoms with E-state index in [4.69, 9.17) is 4.98 Å². The zero-order valence-corrected chi connectivity index (χ0v) is 15.3. The number of amides is 1. The smallest absolute Gasteiger partial charge is 0.270 e. The highest BCUT2D eigenvalue weighted by molar-refractivity contribution is 7.18. The van der Waals surface area contributed by atoms with Crippen molar-refractivity contribution in [1.29, 1.82) is 0 Å². The number of hydrogen-bond donors (Lipinski definition) is 0. The molecule has 1 aliphatic rings. The van der Waals surface area contributed by atoms with E-state index in [-0.39, 0.29) is 17.6 Å². The van der Waals surface area contributed by atoms with E-state index in [1.165, 1.54) is 18.2 Å². The molecule has 1 atom stereocenters. The van der Waals surface area contributed by atoms with Gasteiger partial charge in [-0.05, 0) is 36.6 Å². The second kappa shape index (κ2) is 7.28. The molecule has 27 heavy (non-hydrogen) atoms. The first-order chi connectivity index (χ1) is 13.1. The molecular weight excluding hydrogens is 362 g/mol. The van der Waals surface area contributed by atoms with E-state index in [9.17, 15) is 14.9 Å². The van der Waals surface area contributed by atoms with Gasteiger partial charge >= 0.3 is 0 Å². The van der Waals surface area contributed by atoms with E-state index in [2.05, 4.69) is 0 Å². The number of carbonyl (C=O) groups excluding carboxylic acids is 1. The van der Waals surface area contributed by atoms with Gasteiger partial charge in [-0.3, -0.25) is 14.9 Å². The molecule has 2 aromatic carbocycles. The van der Waals surface area contributed by atoms with Gasteiger partial charge in [0.2, 0.25) is 5.91 Å². The quantitative estimate of drug-likeness (QED) is 0.378. The largest absolute Gasteiger partial charge is 0.330 e. The first-order valence-corrected chi connectivity index (χ1v) is 9.52. The van der Waals surface area contributed by atoms with Crippen molar-refractivity contribution in [2.45, 2.75) is 18.9 Å². The lowest BCUT2D eigenvalue weighted by atomic mass is 10.2. The Bertz CT molecular complexity index is 1010. The Morgan fingerprint density at radius 1 is 1.26 bits per heavy atom. The number of rotatable bonds is 4. The molecule has 0 aliphatic carbocycles. The number of nitro benzene ring substituents is 1. The van der Waals surface area contributed by atoms with Gasteiger partial charge in [0.25, 0.3) is 5.69 Å². The number of likely N-dealkylation sites (tertiary alicyclic amines) is 1. The highest BCUT2D eigenvalue weighted by atomic mass is 32.1. The van der Waals surface area contributed by atoms with Crippen molar-refractivity contribution in [2.75, 3.05) is 6.54 Å². The molecule has 4 rings (SSSR count). The van der Waals surface area contributed by atoms with Gasteiger partial charge in [0.1, 0.15) is 5.01 Å². The van der Waals surface area contributed by atoms with Crippen LogP contribution in [0, 0.1) is 10.1 Å². The van der Waals surface area contributed by atoms with Gasteiger partial charge in [0.15, 0.2) is 0 Å². The number of para-hydroxylation sites is 1. The molecular formula is C20H17N3O3S. The normalized spacial score (nSPS) is 17.0. The standard InChI is InChI=1S/C20H17N3O3S/c24-19(11-10-14-5-3-6-15(13-14)23(25)26)22-12-4-8-17(22)20-21-16-7-1-2-9-18(16)27-20/h1-3,5-7,9-11,13,17H,4,8,12H2/b11-10+/t17-/m1/s1. The number of aromatic nitrogens is 1. The van der Waals surface area contributed by atoms with Gasteiger partial charge in [0, 0.05) is 24.8 Å². The predicted molar refractivity (Wildman–Crippen MR) is 105 cm³/mol. The Labute approximate surface area is 159 Å². The van der Waals surface area contributed by atoms with Gasteiger partial charge in [-0.2, -0.15) is 0 Å². The molecule has 0 saturated carbocycles. The lowest BCUT2D eigenvalue weighted by Crippen LogP contribution is -2.28. The molecule has 1 amide bonds. The minimum Gasteiger partial charge on any atom is -0.330 e. The van der Waals surface area contributed by atoms with E-state index in [1.54, 1.807) is 29.5 Å². The maximum atomic E-state index is 12.7. The first kappa shape index (κ1) is 17.4. The molecule has 1 saturated heterocycles. The lowest BCUT2D eigenvalue weighted by molar-refractivity contribution is -0.384. The monoisotopic (exact) mass is 379 g/mol. The molecule has 1 fully saturated rings. The second-order valence-corrected chi connectivity index (χ2v) is 7.46. The lowest BCUT2D eigenvalue weighted by Gasteiger charge is -2.21. The molecule has 3 aromatic rings. The summed E-state index contributed by atoms with van der Waals surface area (Å²) in [6.07, 6.45) is 4.96. The topological polar surface area (TPSA) is 76.3 Å². The van der Waals surface area contributed by atoms with Crippen molar-refractivity contribution in [1.82, 2.24) is 9.88 Å². The summed E-state index contributed by atoms with van der Waals surface area (Å²) in [7, 11) is 0. The van der Waals surface area contributed by atoms with Crippen LogP contribution < -0.4 is 0 Å². The van der Waals surface area contributed by atoms with E-state index in [0.29, 0.717) is 12.1 Å². The van der Waals surface area contributed by atoms with Gasteiger partial charge in [-0.25, -0.2) is 4.98 Å². The maximum absolute atomic E-state index is 12.7. The van der Waals surface area contributed by atoms with Crippen molar-refractivity contribution >= 4 is 39.2 Å². The van der Waals surface area contributed by atoms with E-state index < -0.39 is 4.92 Å². The molecule has 0 unspecified atom stereocenters. The van der Waals surface area contributed by atoms with Crippen LogP contribution in [0.3, 0.4) is 0 Å². The molecule has 6 nitrogen and oxygen atoms in total. The summed E-state index contributed by atoms with van der Waals surface area (Å²) in [4.78, 5) is 29.7. The molecule has 0 bridgehead atoms. The number of nitro groups is 1. The van der Waals surface area contributed by atoms with E-state index in [0.717, 1.165) is 28.1 Å². The summed E-state index contributed by atoms with van der Waals surface area (Å²) < 4.78 is 1.12. The van der Waals surface area contributed by atoms with Crippen molar-refractivity contribution in [3.05, 3.63) is 75.3 Å². The van der Waals surface area contributed by atoms with Crippen molar-refractivity contribution in [2.24, 2.45) is 0 Å². The van der Waals surface area contributed by atoms with Crippen LogP contribution in [-0.2, 0) is 4.79 Å². The minimum absolute atomic E-state index is 0.00957. The van der Waals surface area contributed by atoms with Gasteiger partial charge in [0.05, 0.1) is 21.2 Å². The fraction of sp³-hybridized carbons (Fsp3) is 0.200. The van der Waals surface area contributed by atoms with Crippen LogP contribution in [-0.4, -0.2) is 27.3 Å². The Kier molecular flexibility index (Phi) is 4.68. The summed E-state index contributed by atoms with van der Waals surface area (Å²) in [5.41, 5.74) is 1.61. The Balaban J connectivity index is 1.54. The van der Waals surface area contributed by atoms with Crippen molar-refractivity contribution in [3.63, 3.8) is 0 Å². The highest BCUT2D eigenvalue weighted by Crippen LogP contribution is 2.36. The highest BCUT2D eigenvalue weighted by Gasteiger charge is 2.31. The van der Waals surface area contributed by atoms with E-state index >= 15 is 0 Å². The van der Waals surface area contributed by atoms with Gasteiger partial charge < -0.3 is 4.90 Å². The predicted octanol–water partition coefficient (Wildman–Crippen LogP) is 4.58. The van der Waals surface area contributed by atoms with Crippen LogP contribution in [0.15, 0.2) is 54.6 Å². The summed E-state index contributed by atoms with van der Waals surface area (Å²) >= 11 is 1.63. The third kappa shape index (κ3) is 3.59. The number of non-ortho nitro benzene ring substituents is 1. The summed E-state index contributed by atoms with van der Waals surface area (Å²) in [6, 6.07) is 14.2. The van der Waals surface area contributed by atoms with Crippen LogP contribution in [0.5, 0.6) is 0 Å². The van der Waals surface area contributed by atoms with Crippen LogP contribution >= 0.6 is 11.3 Å². The van der Waals surface area contributed by atoms with Gasteiger partial charge in [-0.15, -0.1) is 11.3 Å². The fourth-order valence-corrected chi connectivity index (χ4v) is 4.44. The van der Waals surface area contributed by atoms with Gasteiger partial charge in [-0.1, -0.05) is 24.3 Å². The van der Waals surface area contributed by atoms with Crippen molar-refractivity contribution in [3.8, 4) is 0 Å². The Morgan fingerprint density at radius 2 is 2.11 bits per heavy atom. The fourth-order valence-electron chi connectivity index (χ4n) is 3.33. The first-order valence-electron chi connectivity index (χ1n) is 8.70. The minimum atomic E-state index is -0.442. The maximum Gasteiger partial charge on any atom is 0.270 e. The average molecular weight is 379 g/mol. The molecule has 1 aromatic heterocycles. The van der Waals surface area contributed by atoms with Crippen LogP contribution in [0.4, 0.5) is 5.69 Å². The summed E-state index contributed by atoms with van der Waals surface area (Å²) in [5.74, 6) is -0.0942. The van der Waals surface area contributed by atoms with E-state index in [1.807, 2.05) is 29.2 Å². The van der Waals surface area contributed by atoms with Crippen LogP contribution in [0.25, 0.3) is 16.3 Å². The van der Waals surface area contributed by atoms with Crippen LogP contribution in [0.2, 0.25) is 0 Å². The number of fused-ring (bicyclic) bond motifs is 1. The Hall–Kier alpha value is -3.06. The number of hydrogen-bond acceptors (Lipinski definition) is 5. The molecule has 1 aliphatic heterocycles. The average Bonchev–Trinajstić information content (AvgIpc) is 3.32. The zero-order chi connectivity index (χ0) is 18.8. The molecule has 0 N–H and O–H groups in total. The number of benzene rings is 2. The third-order valence-electron chi connectivity index (χ3n) is 4.63. The third-order valence-corrected chi connectivity index (χ3v) is 5.77. The molecule has 2 heterocycles. The summed E-state index contributed by atoms with van der Waals surface area (Å²) in [6.45, 7) is 0.693. The van der Waals surface area contributed by atoms with Crippen LogP contribution in [0.1, 0.15) is 29.5 Å². The zero-order valence-electron chi connectivity index (χ0n) is 14.4. The number of thiazole rings is 1. The molecule has 7 heteroatoms. The molecule has 0 spiro atoms. The van der Waals surface area contributed by atoms with Crippen molar-refractivity contribution < 1.29 is 9.72 Å². The second-order valence-electron chi connectivity index (χ2n) is 6.39.